The predicted molar refractivity (Wildman–Crippen MR) is 348 cm³/mol. The summed E-state index contributed by atoms with van der Waals surface area (Å²) in [6.07, 6.45) is 10.5. The van der Waals surface area contributed by atoms with Crippen molar-refractivity contribution in [2.45, 2.75) is 162 Å². The van der Waals surface area contributed by atoms with Crippen LogP contribution in [0.4, 0.5) is 10.9 Å². The van der Waals surface area contributed by atoms with Gasteiger partial charge in [0.05, 0.1) is 50.1 Å². The van der Waals surface area contributed by atoms with E-state index in [4.69, 9.17) is 10.1 Å². The summed E-state index contributed by atoms with van der Waals surface area (Å²) >= 11 is 3.00. The van der Waals surface area contributed by atoms with Gasteiger partial charge in [0.25, 0.3) is 5.91 Å². The Morgan fingerprint density at radius 3 is 2.34 bits per heavy atom. The predicted octanol–water partition coefficient (Wildman–Crippen LogP) is 10.8. The summed E-state index contributed by atoms with van der Waals surface area (Å²) in [6.45, 7) is 13.6. The van der Waals surface area contributed by atoms with Gasteiger partial charge in [-0.15, -0.1) is 11.3 Å². The highest BCUT2D eigenvalue weighted by atomic mass is 32.1. The highest BCUT2D eigenvalue weighted by Crippen LogP contribution is 2.66. The molecule has 3 aromatic carbocycles. The number of fused-ring (bicyclic) bond motifs is 2. The number of hydrogen-bond donors (Lipinski definition) is 6. The third-order valence-corrected chi connectivity index (χ3v) is 21.6. The number of likely N-dealkylation sites (tertiary alicyclic amines) is 1. The zero-order valence-electron chi connectivity index (χ0n) is 52.1. The third kappa shape index (κ3) is 12.9. The molecule has 0 spiro atoms. The zero-order chi connectivity index (χ0) is 63.2. The number of benzene rings is 3. The van der Waals surface area contributed by atoms with E-state index in [0.717, 1.165) is 107 Å². The van der Waals surface area contributed by atoms with Crippen molar-refractivity contribution in [1.29, 1.82) is 0 Å². The summed E-state index contributed by atoms with van der Waals surface area (Å²) in [6, 6.07) is 23.0. The van der Waals surface area contributed by atoms with Crippen LogP contribution in [-0.2, 0) is 38.7 Å². The van der Waals surface area contributed by atoms with Crippen molar-refractivity contribution in [1.82, 2.24) is 45.6 Å². The molecule has 90 heavy (non-hydrogen) atoms. The van der Waals surface area contributed by atoms with E-state index in [-0.39, 0.29) is 60.2 Å². The third-order valence-electron chi connectivity index (χ3n) is 19.7. The number of carboxylic acids is 1. The van der Waals surface area contributed by atoms with Gasteiger partial charge in [0.15, 0.2) is 10.8 Å². The van der Waals surface area contributed by atoms with Crippen LogP contribution in [0.5, 0.6) is 0 Å². The Labute approximate surface area is 532 Å². The molecule has 4 saturated carbocycles. The molecule has 6 atom stereocenters. The molecule has 5 amide bonds. The summed E-state index contributed by atoms with van der Waals surface area (Å²) in [7, 11) is 0. The molecule has 19 nitrogen and oxygen atoms in total. The second-order valence-electron chi connectivity index (χ2n) is 27.3. The molecule has 2 aliphatic heterocycles. The number of aliphatic hydroxyl groups excluding tert-OH is 1. The number of anilines is 2. The summed E-state index contributed by atoms with van der Waals surface area (Å²) in [5.41, 5.74) is 8.74. The van der Waals surface area contributed by atoms with Crippen molar-refractivity contribution in [2.75, 3.05) is 29.9 Å². The number of carbonyl (C=O) groups excluding carboxylic acids is 5. The van der Waals surface area contributed by atoms with E-state index in [9.17, 15) is 39.0 Å². The maximum absolute atomic E-state index is 14.4. The summed E-state index contributed by atoms with van der Waals surface area (Å²) in [5, 5.41) is 39.3. The number of thiazole rings is 2. The first kappa shape index (κ1) is 62.3. The number of nitrogens with zero attached hydrogens (tertiary/aromatic N) is 7. The molecule has 0 radical (unpaired) electrons. The fraction of sp³-hybridized carbons (Fsp3) is 0.478. The van der Waals surface area contributed by atoms with Gasteiger partial charge in [-0.1, -0.05) is 93.5 Å². The molecule has 4 aromatic heterocycles. The number of hydrogen-bond acceptors (Lipinski definition) is 14. The Hall–Kier alpha value is -7.88. The smallest absolute Gasteiger partial charge is 0.355 e. The highest BCUT2D eigenvalue weighted by Gasteiger charge is 2.60. The molecule has 6 N–H and O–H groups in total. The number of carbonyl (C=O) groups is 6. The molecular formula is C69H81N11O8S2. The number of β-amino-alcohol motifs (C(OH)–C–C–N with tert-alkyl or cyclic N) is 1. The highest BCUT2D eigenvalue weighted by molar-refractivity contribution is 7.22. The van der Waals surface area contributed by atoms with Gasteiger partial charge in [-0.2, -0.15) is 5.10 Å². The van der Waals surface area contributed by atoms with E-state index in [1.54, 1.807) is 17.5 Å². The number of para-hydroxylation sites is 1. The molecule has 5 fully saturated rings. The Morgan fingerprint density at radius 1 is 0.844 bits per heavy atom. The van der Waals surface area contributed by atoms with Crippen LogP contribution in [0.2, 0.25) is 0 Å². The van der Waals surface area contributed by atoms with Gasteiger partial charge in [0.1, 0.15) is 17.9 Å². The number of aliphatic hydroxyl groups is 1. The molecule has 472 valence electrons. The van der Waals surface area contributed by atoms with Crippen LogP contribution in [0.3, 0.4) is 0 Å². The van der Waals surface area contributed by atoms with Crippen LogP contribution in [0.25, 0.3) is 31.8 Å². The molecule has 1 saturated heterocycles. The molecular weight excluding hydrogens is 1170 g/mol. The number of aromatic carboxylic acids is 1. The standard InChI is InChI=1S/C69H81N11O8S2/c1-40(45-19-21-47(22-20-45)59-41(2)71-39-89-59)73-62(84)54-29-48(81)35-79(54)63(85)60(67(4,5)6)76-57(82)18-9-7-8-12-26-70-65(88)69-32-43-28-44(33-69)31-68(30-43,37-69)38-80-42(3)51(34-72-80)49-23-24-56(75-58(49)64(86)87)78-27-25-46-14-13-15-50(52(46)36-78)61(83)77-66-74-53-16-10-11-17-55(53)90-66/h10-11,13-17,19-24,34,39-40,43-44,48,54,60,81H,7-9,12,18,25-33,35-38H2,1-6H3,(H,70,88)(H,73,84)(H,76,82)(H,86,87)(H,74,77,83)/t40-,43?,44?,48+,54-,60+,68?,69?/m0/s1. The number of carboxylic acid groups (broad SMARTS) is 1. The van der Waals surface area contributed by atoms with E-state index in [1.807, 2.05) is 135 Å². The monoisotopic (exact) mass is 1260 g/mol. The van der Waals surface area contributed by atoms with Gasteiger partial charge in [-0.3, -0.25) is 34.0 Å². The largest absolute Gasteiger partial charge is 0.476 e. The second-order valence-corrected chi connectivity index (χ2v) is 29.2. The van der Waals surface area contributed by atoms with Gasteiger partial charge >= 0.3 is 5.97 Å². The number of aryl methyl sites for hydroxylation is 1. The Bertz CT molecular complexity index is 3840. The van der Waals surface area contributed by atoms with Gasteiger partial charge in [0, 0.05) is 67.9 Å². The summed E-state index contributed by atoms with van der Waals surface area (Å²) < 4.78 is 3.00. The van der Waals surface area contributed by atoms with Crippen molar-refractivity contribution in [2.24, 2.45) is 28.1 Å². The average molecular weight is 1260 g/mol. The Kier molecular flexibility index (Phi) is 17.6. The lowest BCUT2D eigenvalue weighted by molar-refractivity contribution is -0.159. The quantitative estimate of drug-likeness (QED) is 0.0367. The topological polar surface area (TPSA) is 254 Å². The molecule has 2 unspecified atom stereocenters. The van der Waals surface area contributed by atoms with Crippen molar-refractivity contribution < 1.29 is 39.0 Å². The molecule has 6 heterocycles. The maximum Gasteiger partial charge on any atom is 0.355 e. The van der Waals surface area contributed by atoms with Crippen LogP contribution < -0.4 is 26.2 Å². The SMILES string of the molecule is Cc1ncsc1-c1ccc([C@H](C)NC(=O)[C@@H]2C[C@@H](O)CN2C(=O)[C@@H](NC(=O)CCCCCCNC(=O)C23CC4CC(CC(Cn5ncc(-c6ccc(N7CCc8cccc(C(=O)Nc9nc%10ccccc%10s9)c8C7)nc6C(=O)O)c5C)(C4)C2)C3)C(C)(C)C)cc1. The minimum Gasteiger partial charge on any atom is -0.476 e. The van der Waals surface area contributed by atoms with Crippen LogP contribution in [0, 0.1) is 41.9 Å². The zero-order valence-corrected chi connectivity index (χ0v) is 53.8. The Morgan fingerprint density at radius 2 is 1.61 bits per heavy atom. The lowest BCUT2D eigenvalue weighted by Gasteiger charge is -2.61. The van der Waals surface area contributed by atoms with Crippen molar-refractivity contribution in [3.05, 3.63) is 130 Å². The van der Waals surface area contributed by atoms with Crippen molar-refractivity contribution >= 4 is 79.3 Å². The first-order chi connectivity index (χ1) is 43.1. The normalized spacial score (nSPS) is 22.5. The van der Waals surface area contributed by atoms with E-state index in [1.165, 1.54) is 16.2 Å². The Balaban J connectivity index is 0.616. The summed E-state index contributed by atoms with van der Waals surface area (Å²) in [5.74, 6) is -0.872. The van der Waals surface area contributed by atoms with Gasteiger partial charge in [-0.05, 0) is 154 Å². The van der Waals surface area contributed by atoms with E-state index >= 15 is 0 Å². The maximum atomic E-state index is 14.4. The molecule has 4 aliphatic carbocycles. The first-order valence-corrected chi connectivity index (χ1v) is 33.5. The van der Waals surface area contributed by atoms with Crippen molar-refractivity contribution in [3.63, 3.8) is 0 Å². The van der Waals surface area contributed by atoms with Gasteiger partial charge in [0.2, 0.25) is 23.6 Å². The van der Waals surface area contributed by atoms with Crippen LogP contribution in [0.1, 0.15) is 160 Å². The molecule has 21 heteroatoms. The van der Waals surface area contributed by atoms with Gasteiger partial charge < -0.3 is 36.0 Å². The number of pyridine rings is 1. The number of unbranched alkanes of at least 4 members (excludes halogenated alkanes) is 3. The molecule has 4 bridgehead atoms. The second kappa shape index (κ2) is 25.4. The lowest BCUT2D eigenvalue weighted by atomic mass is 9.44. The van der Waals surface area contributed by atoms with Crippen molar-refractivity contribution in [3.8, 4) is 21.6 Å². The van der Waals surface area contributed by atoms with E-state index < -0.39 is 40.9 Å². The van der Waals surface area contributed by atoms with Gasteiger partial charge in [-0.25, -0.2) is 19.7 Å². The van der Waals surface area contributed by atoms with Crippen LogP contribution in [0.15, 0.2) is 90.6 Å². The minimum atomic E-state index is -1.14. The van der Waals surface area contributed by atoms with E-state index in [0.29, 0.717) is 78.5 Å². The lowest BCUT2D eigenvalue weighted by Crippen LogP contribution is -2.58. The first-order valence-electron chi connectivity index (χ1n) is 31.8. The van der Waals surface area contributed by atoms with Crippen LogP contribution in [-0.4, -0.2) is 113 Å². The number of nitrogens with one attached hydrogen (secondary N) is 4. The molecule has 13 rings (SSSR count). The molecule has 6 aliphatic rings. The molecule has 7 aromatic rings. The minimum absolute atomic E-state index is 0.00544. The number of rotatable bonds is 21. The summed E-state index contributed by atoms with van der Waals surface area (Å²) in [4.78, 5) is 101. The van der Waals surface area contributed by atoms with Crippen LogP contribution >= 0.6 is 22.7 Å². The van der Waals surface area contributed by atoms with E-state index in [2.05, 4.69) is 31.2 Å². The number of amides is 5. The fourth-order valence-electron chi connectivity index (χ4n) is 15.6. The fourth-order valence-corrected chi connectivity index (χ4v) is 17.3. The number of aromatic nitrogens is 5. The average Bonchev–Trinajstić information content (AvgIpc) is 1.18.